The monoisotopic (exact) mass is 278 g/mol. The molecule has 0 saturated carbocycles. The third-order valence-electron chi connectivity index (χ3n) is 3.52. The second-order valence-corrected chi connectivity index (χ2v) is 5.21. The van der Waals surface area contributed by atoms with Gasteiger partial charge in [-0.2, -0.15) is 0 Å². The summed E-state index contributed by atoms with van der Waals surface area (Å²) in [5.41, 5.74) is 1.27. The lowest BCUT2D eigenvalue weighted by Crippen LogP contribution is -2.35. The van der Waals surface area contributed by atoms with Crippen LogP contribution in [0.5, 0.6) is 5.75 Å². The molecule has 0 aliphatic rings. The molecule has 2 atom stereocenters. The van der Waals surface area contributed by atoms with Crippen molar-refractivity contribution >= 4 is 5.91 Å². The maximum absolute atomic E-state index is 11.8. The van der Waals surface area contributed by atoms with Gasteiger partial charge in [0.15, 0.2) is 0 Å². The Labute approximate surface area is 121 Å². The summed E-state index contributed by atoms with van der Waals surface area (Å²) in [6.45, 7) is 5.52. The Bertz CT molecular complexity index is 403. The second kappa shape index (κ2) is 8.59. The van der Waals surface area contributed by atoms with E-state index in [1.165, 1.54) is 5.56 Å². The van der Waals surface area contributed by atoms with Crippen molar-refractivity contribution in [3.63, 3.8) is 0 Å². The van der Waals surface area contributed by atoms with Crippen LogP contribution in [0.15, 0.2) is 24.3 Å². The van der Waals surface area contributed by atoms with Crippen LogP contribution in [0, 0.1) is 5.92 Å². The van der Waals surface area contributed by atoms with Gasteiger partial charge in [-0.3, -0.25) is 4.79 Å². The summed E-state index contributed by atoms with van der Waals surface area (Å²) >= 11 is 0. The molecular weight excluding hydrogens is 252 g/mol. The van der Waals surface area contributed by atoms with Gasteiger partial charge in [0.1, 0.15) is 5.75 Å². The van der Waals surface area contributed by atoms with Gasteiger partial charge in [0.25, 0.3) is 0 Å². The van der Waals surface area contributed by atoms with E-state index in [1.807, 2.05) is 26.1 Å². The number of hydrogen-bond donors (Lipinski definition) is 2. The van der Waals surface area contributed by atoms with Crippen LogP contribution < -0.4 is 15.4 Å². The van der Waals surface area contributed by atoms with Crippen molar-refractivity contribution in [2.75, 3.05) is 27.2 Å². The lowest BCUT2D eigenvalue weighted by atomic mass is 9.97. The van der Waals surface area contributed by atoms with Crippen LogP contribution in [0.25, 0.3) is 0 Å². The van der Waals surface area contributed by atoms with E-state index in [-0.39, 0.29) is 11.8 Å². The molecule has 20 heavy (non-hydrogen) atoms. The smallest absolute Gasteiger partial charge is 0.224 e. The average Bonchev–Trinajstić information content (AvgIpc) is 2.47. The predicted molar refractivity (Wildman–Crippen MR) is 82.1 cm³/mol. The molecule has 2 unspecified atom stereocenters. The maximum atomic E-state index is 11.8. The van der Waals surface area contributed by atoms with Gasteiger partial charge in [0.2, 0.25) is 5.91 Å². The first kappa shape index (κ1) is 16.5. The van der Waals surface area contributed by atoms with E-state index in [9.17, 15) is 4.79 Å². The molecule has 112 valence electrons. The molecule has 0 fully saturated rings. The fourth-order valence-electron chi connectivity index (χ4n) is 2.08. The normalized spacial score (nSPS) is 13.6. The summed E-state index contributed by atoms with van der Waals surface area (Å²) < 4.78 is 5.15. The van der Waals surface area contributed by atoms with Crippen LogP contribution in [0.3, 0.4) is 0 Å². The highest BCUT2D eigenvalue weighted by molar-refractivity contribution is 5.78. The molecule has 0 aromatic heterocycles. The van der Waals surface area contributed by atoms with E-state index < -0.39 is 0 Å². The Kier molecular flexibility index (Phi) is 7.09. The SMILES string of the molecule is CNCC(C)C(=O)NCCC(C)c1ccc(OC)cc1. The molecule has 1 rings (SSSR count). The van der Waals surface area contributed by atoms with Crippen LogP contribution in [-0.4, -0.2) is 33.2 Å². The Morgan fingerprint density at radius 3 is 2.45 bits per heavy atom. The van der Waals surface area contributed by atoms with Crippen molar-refractivity contribution < 1.29 is 9.53 Å². The van der Waals surface area contributed by atoms with E-state index in [4.69, 9.17) is 4.74 Å². The zero-order valence-corrected chi connectivity index (χ0v) is 12.9. The van der Waals surface area contributed by atoms with Crippen molar-refractivity contribution in [2.24, 2.45) is 5.92 Å². The second-order valence-electron chi connectivity index (χ2n) is 5.21. The van der Waals surface area contributed by atoms with Crippen molar-refractivity contribution in [2.45, 2.75) is 26.2 Å². The third kappa shape index (κ3) is 5.21. The first-order valence-electron chi connectivity index (χ1n) is 7.14. The lowest BCUT2D eigenvalue weighted by molar-refractivity contribution is -0.124. The van der Waals surface area contributed by atoms with Gasteiger partial charge < -0.3 is 15.4 Å². The molecule has 0 spiro atoms. The number of nitrogens with one attached hydrogen (secondary N) is 2. The molecule has 0 heterocycles. The molecule has 1 aromatic carbocycles. The number of ether oxygens (including phenoxy) is 1. The fourth-order valence-corrected chi connectivity index (χ4v) is 2.08. The highest BCUT2D eigenvalue weighted by Crippen LogP contribution is 2.21. The lowest BCUT2D eigenvalue weighted by Gasteiger charge is -2.15. The number of benzene rings is 1. The highest BCUT2D eigenvalue weighted by Gasteiger charge is 2.12. The average molecular weight is 278 g/mol. The summed E-state index contributed by atoms with van der Waals surface area (Å²) in [5, 5.41) is 6.00. The molecular formula is C16H26N2O2. The molecule has 0 aliphatic heterocycles. The van der Waals surface area contributed by atoms with Gasteiger partial charge in [-0.15, -0.1) is 0 Å². The molecule has 1 aromatic rings. The third-order valence-corrected chi connectivity index (χ3v) is 3.52. The van der Waals surface area contributed by atoms with Gasteiger partial charge in [-0.1, -0.05) is 26.0 Å². The first-order valence-corrected chi connectivity index (χ1v) is 7.14. The van der Waals surface area contributed by atoms with Crippen molar-refractivity contribution in [1.82, 2.24) is 10.6 Å². The fraction of sp³-hybridized carbons (Fsp3) is 0.562. The highest BCUT2D eigenvalue weighted by atomic mass is 16.5. The topological polar surface area (TPSA) is 50.4 Å². The number of carbonyl (C=O) groups is 1. The van der Waals surface area contributed by atoms with E-state index in [0.717, 1.165) is 12.2 Å². The number of carbonyl (C=O) groups excluding carboxylic acids is 1. The Morgan fingerprint density at radius 1 is 1.25 bits per heavy atom. The largest absolute Gasteiger partial charge is 0.497 e. The maximum Gasteiger partial charge on any atom is 0.224 e. The van der Waals surface area contributed by atoms with Gasteiger partial charge >= 0.3 is 0 Å². The van der Waals surface area contributed by atoms with Gasteiger partial charge in [0, 0.05) is 19.0 Å². The number of hydrogen-bond acceptors (Lipinski definition) is 3. The molecule has 0 bridgehead atoms. The van der Waals surface area contributed by atoms with Crippen LogP contribution in [0.1, 0.15) is 31.7 Å². The van der Waals surface area contributed by atoms with Gasteiger partial charge in [-0.25, -0.2) is 0 Å². The summed E-state index contributed by atoms with van der Waals surface area (Å²) in [6, 6.07) is 8.10. The van der Waals surface area contributed by atoms with Crippen molar-refractivity contribution in [3.05, 3.63) is 29.8 Å². The minimum Gasteiger partial charge on any atom is -0.497 e. The van der Waals surface area contributed by atoms with E-state index in [0.29, 0.717) is 19.0 Å². The minimum atomic E-state index is 0.0105. The van der Waals surface area contributed by atoms with Crippen molar-refractivity contribution in [3.8, 4) is 5.75 Å². The molecule has 0 aliphatic carbocycles. The Hall–Kier alpha value is -1.55. The minimum absolute atomic E-state index is 0.0105. The summed E-state index contributed by atoms with van der Waals surface area (Å²) in [6.07, 6.45) is 0.935. The Balaban J connectivity index is 2.35. The molecule has 1 amide bonds. The molecule has 4 nitrogen and oxygen atoms in total. The molecule has 4 heteroatoms. The van der Waals surface area contributed by atoms with Crippen LogP contribution >= 0.6 is 0 Å². The number of amides is 1. The number of methoxy groups -OCH3 is 1. The van der Waals surface area contributed by atoms with E-state index >= 15 is 0 Å². The summed E-state index contributed by atoms with van der Waals surface area (Å²) in [5.74, 6) is 1.41. The van der Waals surface area contributed by atoms with Crippen LogP contribution in [-0.2, 0) is 4.79 Å². The van der Waals surface area contributed by atoms with E-state index in [2.05, 4.69) is 29.7 Å². The van der Waals surface area contributed by atoms with Crippen LogP contribution in [0.4, 0.5) is 0 Å². The standard InChI is InChI=1S/C16H26N2O2/c1-12(14-5-7-15(20-4)8-6-14)9-10-18-16(19)13(2)11-17-3/h5-8,12-13,17H,9-11H2,1-4H3,(H,18,19). The predicted octanol–water partition coefficient (Wildman–Crippen LogP) is 2.16. The summed E-state index contributed by atoms with van der Waals surface area (Å²) in [4.78, 5) is 11.8. The zero-order chi connectivity index (χ0) is 15.0. The van der Waals surface area contributed by atoms with Gasteiger partial charge in [0.05, 0.1) is 7.11 Å². The van der Waals surface area contributed by atoms with Crippen molar-refractivity contribution in [1.29, 1.82) is 0 Å². The zero-order valence-electron chi connectivity index (χ0n) is 12.9. The molecule has 0 saturated heterocycles. The number of rotatable bonds is 8. The molecule has 0 radical (unpaired) electrons. The quantitative estimate of drug-likeness (QED) is 0.766. The first-order chi connectivity index (χ1) is 9.58. The van der Waals surface area contributed by atoms with E-state index in [1.54, 1.807) is 7.11 Å². The Morgan fingerprint density at radius 2 is 1.90 bits per heavy atom. The summed E-state index contributed by atoms with van der Waals surface area (Å²) in [7, 11) is 3.52. The molecule has 2 N–H and O–H groups in total. The van der Waals surface area contributed by atoms with Gasteiger partial charge in [-0.05, 0) is 37.1 Å². The van der Waals surface area contributed by atoms with Crippen LogP contribution in [0.2, 0.25) is 0 Å².